The molecule has 0 aliphatic heterocycles. The number of anilines is 1. The highest BCUT2D eigenvalue weighted by Crippen LogP contribution is 2.23. The molecule has 0 fully saturated rings. The van der Waals surface area contributed by atoms with Crippen LogP contribution in [0.4, 0.5) is 9.52 Å². The topological polar surface area (TPSA) is 66.9 Å². The van der Waals surface area contributed by atoms with Crippen molar-refractivity contribution in [3.63, 3.8) is 0 Å². The number of aromatic nitrogens is 2. The lowest BCUT2D eigenvalue weighted by molar-refractivity contribution is 0.0938. The lowest BCUT2D eigenvalue weighted by Crippen LogP contribution is -2.29. The summed E-state index contributed by atoms with van der Waals surface area (Å²) in [4.78, 5) is 20.7. The van der Waals surface area contributed by atoms with Gasteiger partial charge in [0.05, 0.1) is 6.04 Å². The molecular weight excluding hydrogens is 327 g/mol. The van der Waals surface area contributed by atoms with E-state index in [1.54, 1.807) is 37.0 Å². The van der Waals surface area contributed by atoms with Crippen LogP contribution in [0.1, 0.15) is 27.7 Å². The van der Waals surface area contributed by atoms with E-state index in [4.69, 9.17) is 0 Å². The van der Waals surface area contributed by atoms with Crippen LogP contribution in [0.2, 0.25) is 0 Å². The Bertz CT molecular complexity index is 820. The number of rotatable bonds is 5. The van der Waals surface area contributed by atoms with Crippen LogP contribution >= 0.6 is 11.3 Å². The van der Waals surface area contributed by atoms with E-state index in [1.165, 1.54) is 23.5 Å². The third-order valence-electron chi connectivity index (χ3n) is 3.47. The van der Waals surface area contributed by atoms with Crippen molar-refractivity contribution in [2.45, 2.75) is 6.04 Å². The van der Waals surface area contributed by atoms with Crippen molar-refractivity contribution in [2.75, 3.05) is 12.4 Å². The molecule has 122 valence electrons. The molecular formula is C17H15FN4OS. The fraction of sp³-hybridized carbons (Fsp3) is 0.118. The number of hydrogen-bond donors (Lipinski definition) is 2. The fourth-order valence-corrected chi connectivity index (χ4v) is 2.92. The number of pyridine rings is 1. The minimum absolute atomic E-state index is 0.293. The van der Waals surface area contributed by atoms with Gasteiger partial charge in [-0.3, -0.25) is 9.78 Å². The molecule has 1 atom stereocenters. The quantitative estimate of drug-likeness (QED) is 0.747. The lowest BCUT2D eigenvalue weighted by Gasteiger charge is -2.19. The first-order chi connectivity index (χ1) is 11.7. The van der Waals surface area contributed by atoms with Crippen LogP contribution in [0.15, 0.2) is 54.2 Å². The Morgan fingerprint density at radius 1 is 1.12 bits per heavy atom. The molecule has 0 radical (unpaired) electrons. The minimum Gasteiger partial charge on any atom is -0.365 e. The lowest BCUT2D eigenvalue weighted by atomic mass is 9.99. The van der Waals surface area contributed by atoms with Crippen molar-refractivity contribution >= 4 is 22.4 Å². The maximum absolute atomic E-state index is 13.2. The van der Waals surface area contributed by atoms with Gasteiger partial charge in [0.15, 0.2) is 5.13 Å². The van der Waals surface area contributed by atoms with Crippen molar-refractivity contribution in [2.24, 2.45) is 0 Å². The molecule has 1 aromatic carbocycles. The molecule has 7 heteroatoms. The Morgan fingerprint density at radius 2 is 1.79 bits per heavy atom. The number of nitrogens with zero attached hydrogens (tertiary/aromatic N) is 2. The van der Waals surface area contributed by atoms with Gasteiger partial charge in [0, 0.05) is 24.8 Å². The zero-order valence-electron chi connectivity index (χ0n) is 12.9. The molecule has 2 heterocycles. The summed E-state index contributed by atoms with van der Waals surface area (Å²) in [6, 6.07) is 9.26. The van der Waals surface area contributed by atoms with Gasteiger partial charge < -0.3 is 10.6 Å². The van der Waals surface area contributed by atoms with E-state index in [0.717, 1.165) is 11.1 Å². The number of carbonyl (C=O) groups is 1. The first-order valence-electron chi connectivity index (χ1n) is 7.27. The SMILES string of the molecule is CNc1nc(C(=O)NC(c2ccncc2)c2ccc(F)cc2)cs1. The summed E-state index contributed by atoms with van der Waals surface area (Å²) < 4.78 is 13.2. The van der Waals surface area contributed by atoms with Gasteiger partial charge in [-0.15, -0.1) is 11.3 Å². The average molecular weight is 342 g/mol. The van der Waals surface area contributed by atoms with E-state index in [9.17, 15) is 9.18 Å². The molecule has 2 N–H and O–H groups in total. The second kappa shape index (κ2) is 7.18. The highest BCUT2D eigenvalue weighted by Gasteiger charge is 2.19. The van der Waals surface area contributed by atoms with E-state index in [-0.39, 0.29) is 11.7 Å². The Hall–Kier alpha value is -2.80. The summed E-state index contributed by atoms with van der Waals surface area (Å²) in [5.41, 5.74) is 1.97. The number of benzene rings is 1. The van der Waals surface area contributed by atoms with Crippen molar-refractivity contribution in [1.82, 2.24) is 15.3 Å². The molecule has 3 aromatic rings. The molecule has 24 heavy (non-hydrogen) atoms. The van der Waals surface area contributed by atoms with E-state index >= 15 is 0 Å². The van der Waals surface area contributed by atoms with Gasteiger partial charge in [-0.1, -0.05) is 12.1 Å². The summed E-state index contributed by atoms with van der Waals surface area (Å²) in [6.07, 6.45) is 3.31. The largest absolute Gasteiger partial charge is 0.365 e. The van der Waals surface area contributed by atoms with Crippen LogP contribution in [-0.2, 0) is 0 Å². The maximum Gasteiger partial charge on any atom is 0.271 e. The third kappa shape index (κ3) is 3.57. The van der Waals surface area contributed by atoms with Gasteiger partial charge in [-0.2, -0.15) is 0 Å². The number of thiazole rings is 1. The minimum atomic E-state index is -0.416. The number of hydrogen-bond acceptors (Lipinski definition) is 5. The van der Waals surface area contributed by atoms with E-state index in [2.05, 4.69) is 20.6 Å². The molecule has 1 amide bonds. The van der Waals surface area contributed by atoms with Gasteiger partial charge in [0.2, 0.25) is 0 Å². The molecule has 2 aromatic heterocycles. The predicted molar refractivity (Wildman–Crippen MR) is 91.6 cm³/mol. The molecule has 0 aliphatic rings. The van der Waals surface area contributed by atoms with Gasteiger partial charge in [0.1, 0.15) is 11.5 Å². The van der Waals surface area contributed by atoms with E-state index < -0.39 is 6.04 Å². The predicted octanol–water partition coefficient (Wildman–Crippen LogP) is 3.24. The summed E-state index contributed by atoms with van der Waals surface area (Å²) >= 11 is 1.36. The fourth-order valence-electron chi connectivity index (χ4n) is 2.27. The summed E-state index contributed by atoms with van der Waals surface area (Å²) in [7, 11) is 1.75. The van der Waals surface area contributed by atoms with Crippen LogP contribution in [0.5, 0.6) is 0 Å². The number of amides is 1. The van der Waals surface area contributed by atoms with E-state index in [1.807, 2.05) is 12.1 Å². The van der Waals surface area contributed by atoms with Crippen molar-refractivity contribution in [1.29, 1.82) is 0 Å². The zero-order chi connectivity index (χ0) is 16.9. The summed E-state index contributed by atoms with van der Waals surface area (Å²) in [6.45, 7) is 0. The van der Waals surface area contributed by atoms with E-state index in [0.29, 0.717) is 10.8 Å². The highest BCUT2D eigenvalue weighted by molar-refractivity contribution is 7.13. The second-order valence-corrected chi connectivity index (χ2v) is 5.88. The van der Waals surface area contributed by atoms with Crippen molar-refractivity contribution in [3.8, 4) is 0 Å². The van der Waals surface area contributed by atoms with Crippen LogP contribution in [0.25, 0.3) is 0 Å². The first-order valence-corrected chi connectivity index (χ1v) is 8.15. The molecule has 0 saturated heterocycles. The Morgan fingerprint density at radius 3 is 2.42 bits per heavy atom. The maximum atomic E-state index is 13.2. The van der Waals surface area contributed by atoms with Gasteiger partial charge in [-0.05, 0) is 35.4 Å². The molecule has 5 nitrogen and oxygen atoms in total. The van der Waals surface area contributed by atoms with Gasteiger partial charge in [-0.25, -0.2) is 9.37 Å². The molecule has 0 saturated carbocycles. The molecule has 0 aliphatic carbocycles. The monoisotopic (exact) mass is 342 g/mol. The van der Waals surface area contributed by atoms with Crippen molar-refractivity contribution in [3.05, 3.63) is 76.8 Å². The van der Waals surface area contributed by atoms with Gasteiger partial charge >= 0.3 is 0 Å². The third-order valence-corrected chi connectivity index (χ3v) is 4.33. The van der Waals surface area contributed by atoms with Crippen LogP contribution in [0.3, 0.4) is 0 Å². The average Bonchev–Trinajstić information content (AvgIpc) is 3.10. The normalized spacial score (nSPS) is 11.8. The number of carbonyl (C=O) groups excluding carboxylic acids is 1. The smallest absolute Gasteiger partial charge is 0.271 e. The summed E-state index contributed by atoms with van der Waals surface area (Å²) in [5.74, 6) is -0.615. The Balaban J connectivity index is 1.90. The standard InChI is InChI=1S/C17H15FN4OS/c1-19-17-21-14(10-24-17)16(23)22-15(12-6-8-20-9-7-12)11-2-4-13(18)5-3-11/h2-10,15H,1H3,(H,19,21)(H,22,23). The van der Waals surface area contributed by atoms with Crippen molar-refractivity contribution < 1.29 is 9.18 Å². The molecule has 1 unspecified atom stereocenters. The molecule has 3 rings (SSSR count). The van der Waals surface area contributed by atoms with Gasteiger partial charge in [0.25, 0.3) is 5.91 Å². The molecule has 0 spiro atoms. The Labute approximate surface area is 142 Å². The van der Waals surface area contributed by atoms with Crippen LogP contribution in [0, 0.1) is 5.82 Å². The molecule has 0 bridgehead atoms. The number of halogens is 1. The first kappa shape index (κ1) is 16.1. The number of nitrogens with one attached hydrogen (secondary N) is 2. The van der Waals surface area contributed by atoms with Crippen LogP contribution < -0.4 is 10.6 Å². The Kier molecular flexibility index (Phi) is 4.81. The highest BCUT2D eigenvalue weighted by atomic mass is 32.1. The zero-order valence-corrected chi connectivity index (χ0v) is 13.7. The van der Waals surface area contributed by atoms with Crippen LogP contribution in [-0.4, -0.2) is 22.9 Å². The second-order valence-electron chi connectivity index (χ2n) is 5.03. The summed E-state index contributed by atoms with van der Waals surface area (Å²) in [5, 5.41) is 8.21.